The molecular weight excluding hydrogens is 380 g/mol. The van der Waals surface area contributed by atoms with Gasteiger partial charge in [-0.3, -0.25) is 14.9 Å². The van der Waals surface area contributed by atoms with Gasteiger partial charge in [0.05, 0.1) is 18.7 Å². The van der Waals surface area contributed by atoms with E-state index in [1.807, 2.05) is 17.5 Å². The van der Waals surface area contributed by atoms with E-state index in [4.69, 9.17) is 4.74 Å². The number of urea groups is 1. The van der Waals surface area contributed by atoms with Crippen LogP contribution in [0.1, 0.15) is 15.2 Å². The molecule has 0 saturated carbocycles. The summed E-state index contributed by atoms with van der Waals surface area (Å²) in [4.78, 5) is 37.1. The summed E-state index contributed by atoms with van der Waals surface area (Å²) in [5.41, 5.74) is 0.914. The molecule has 0 atom stereocenters. The third kappa shape index (κ3) is 7.37. The summed E-state index contributed by atoms with van der Waals surface area (Å²) in [5.74, 6) is -0.768. The standard InChI is InChI=1S/C19H24N4O4S/c1-27-11-10-20-18(25)15-6-2-3-7-16(15)22-13-17(24)23-19(26)21-9-8-14-5-4-12-28-14/h2-7,12,22H,8-11,13H2,1H3,(H,20,25)(H2,21,23,24,26). The second-order valence-corrected chi connectivity index (χ2v) is 6.81. The van der Waals surface area contributed by atoms with Gasteiger partial charge >= 0.3 is 6.03 Å². The van der Waals surface area contributed by atoms with E-state index in [1.165, 1.54) is 0 Å². The fourth-order valence-electron chi connectivity index (χ4n) is 2.34. The Morgan fingerprint density at radius 2 is 1.86 bits per heavy atom. The van der Waals surface area contributed by atoms with Crippen molar-refractivity contribution in [3.63, 3.8) is 0 Å². The molecule has 0 spiro atoms. The van der Waals surface area contributed by atoms with E-state index in [1.54, 1.807) is 42.7 Å². The smallest absolute Gasteiger partial charge is 0.321 e. The van der Waals surface area contributed by atoms with Crippen molar-refractivity contribution in [2.24, 2.45) is 0 Å². The first-order valence-corrected chi connectivity index (χ1v) is 9.68. The molecule has 0 aliphatic carbocycles. The Morgan fingerprint density at radius 3 is 2.61 bits per heavy atom. The van der Waals surface area contributed by atoms with Crippen LogP contribution in [0.15, 0.2) is 41.8 Å². The number of amides is 4. The minimum absolute atomic E-state index is 0.138. The quantitative estimate of drug-likeness (QED) is 0.450. The highest BCUT2D eigenvalue weighted by Crippen LogP contribution is 2.14. The molecule has 0 aliphatic heterocycles. The maximum atomic E-state index is 12.2. The largest absolute Gasteiger partial charge is 0.383 e. The molecule has 0 bridgehead atoms. The van der Waals surface area contributed by atoms with Crippen LogP contribution in [0.5, 0.6) is 0 Å². The molecule has 28 heavy (non-hydrogen) atoms. The molecule has 8 nitrogen and oxygen atoms in total. The highest BCUT2D eigenvalue weighted by atomic mass is 32.1. The van der Waals surface area contributed by atoms with Gasteiger partial charge in [0.2, 0.25) is 5.91 Å². The lowest BCUT2D eigenvalue weighted by atomic mass is 10.1. The fourth-order valence-corrected chi connectivity index (χ4v) is 3.05. The average molecular weight is 404 g/mol. The molecule has 0 saturated heterocycles. The Morgan fingerprint density at radius 1 is 1.04 bits per heavy atom. The Balaban J connectivity index is 1.75. The zero-order chi connectivity index (χ0) is 20.2. The Labute approximate surface area is 167 Å². The van der Waals surface area contributed by atoms with Crippen LogP contribution >= 0.6 is 11.3 Å². The van der Waals surface area contributed by atoms with E-state index < -0.39 is 11.9 Å². The fraction of sp³-hybridized carbons (Fsp3) is 0.316. The molecule has 0 fully saturated rings. The first-order chi connectivity index (χ1) is 13.6. The van der Waals surface area contributed by atoms with Gasteiger partial charge < -0.3 is 20.7 Å². The predicted octanol–water partition coefficient (Wildman–Crippen LogP) is 1.60. The van der Waals surface area contributed by atoms with Crippen LogP contribution < -0.4 is 21.3 Å². The molecule has 4 amide bonds. The van der Waals surface area contributed by atoms with Gasteiger partial charge in [-0.25, -0.2) is 4.79 Å². The van der Waals surface area contributed by atoms with E-state index >= 15 is 0 Å². The van der Waals surface area contributed by atoms with Crippen LogP contribution in [-0.4, -0.2) is 51.2 Å². The zero-order valence-electron chi connectivity index (χ0n) is 15.6. The van der Waals surface area contributed by atoms with E-state index in [0.29, 0.717) is 37.4 Å². The van der Waals surface area contributed by atoms with Crippen molar-refractivity contribution in [1.82, 2.24) is 16.0 Å². The maximum Gasteiger partial charge on any atom is 0.321 e. The maximum absolute atomic E-state index is 12.2. The molecule has 9 heteroatoms. The lowest BCUT2D eigenvalue weighted by Crippen LogP contribution is -2.42. The lowest BCUT2D eigenvalue weighted by molar-refractivity contribution is -0.118. The Bertz CT molecular complexity index is 780. The van der Waals surface area contributed by atoms with Crippen LogP contribution in [0, 0.1) is 0 Å². The van der Waals surface area contributed by atoms with E-state index in [0.717, 1.165) is 4.88 Å². The predicted molar refractivity (Wildman–Crippen MR) is 109 cm³/mol. The Kier molecular flexibility index (Phi) is 8.96. The number of nitrogens with one attached hydrogen (secondary N) is 4. The number of thiophene rings is 1. The van der Waals surface area contributed by atoms with Crippen molar-refractivity contribution in [3.8, 4) is 0 Å². The first-order valence-electron chi connectivity index (χ1n) is 8.80. The molecule has 1 heterocycles. The number of ether oxygens (including phenoxy) is 1. The minimum Gasteiger partial charge on any atom is -0.383 e. The van der Waals surface area contributed by atoms with Crippen LogP contribution in [0.3, 0.4) is 0 Å². The summed E-state index contributed by atoms with van der Waals surface area (Å²) in [6, 6.07) is 10.2. The van der Waals surface area contributed by atoms with Gasteiger partial charge in [-0.2, -0.15) is 0 Å². The average Bonchev–Trinajstić information content (AvgIpc) is 3.20. The zero-order valence-corrected chi connectivity index (χ0v) is 16.4. The van der Waals surface area contributed by atoms with Crippen molar-refractivity contribution >= 4 is 34.9 Å². The van der Waals surface area contributed by atoms with E-state index in [9.17, 15) is 14.4 Å². The van der Waals surface area contributed by atoms with Gasteiger partial charge in [-0.05, 0) is 30.0 Å². The number of hydrogen-bond acceptors (Lipinski definition) is 6. The molecule has 150 valence electrons. The number of carbonyl (C=O) groups excluding carboxylic acids is 3. The van der Waals surface area contributed by atoms with Crippen LogP contribution in [-0.2, 0) is 16.0 Å². The van der Waals surface area contributed by atoms with Crippen LogP contribution in [0.25, 0.3) is 0 Å². The van der Waals surface area contributed by atoms with Crippen molar-refractivity contribution in [2.75, 3.05) is 38.7 Å². The van der Waals surface area contributed by atoms with Crippen molar-refractivity contribution in [2.45, 2.75) is 6.42 Å². The highest BCUT2D eigenvalue weighted by Gasteiger charge is 2.12. The molecule has 2 aromatic rings. The molecule has 2 rings (SSSR count). The van der Waals surface area contributed by atoms with Crippen LogP contribution in [0.4, 0.5) is 10.5 Å². The third-order valence-electron chi connectivity index (χ3n) is 3.69. The summed E-state index contributed by atoms with van der Waals surface area (Å²) < 4.78 is 4.90. The van der Waals surface area contributed by atoms with Gasteiger partial charge in [-0.15, -0.1) is 11.3 Å². The monoisotopic (exact) mass is 404 g/mol. The molecule has 4 N–H and O–H groups in total. The number of hydrogen-bond donors (Lipinski definition) is 4. The number of imide groups is 1. The number of rotatable bonds is 10. The number of methoxy groups -OCH3 is 1. The number of anilines is 1. The Hall–Kier alpha value is -2.91. The summed E-state index contributed by atoms with van der Waals surface area (Å²) >= 11 is 1.62. The third-order valence-corrected chi connectivity index (χ3v) is 4.63. The summed E-state index contributed by atoms with van der Waals surface area (Å²) in [6.45, 7) is 1.10. The topological polar surface area (TPSA) is 109 Å². The van der Waals surface area contributed by atoms with Crippen molar-refractivity contribution < 1.29 is 19.1 Å². The second kappa shape index (κ2) is 11.7. The lowest BCUT2D eigenvalue weighted by Gasteiger charge is -2.12. The van der Waals surface area contributed by atoms with E-state index in [-0.39, 0.29) is 12.5 Å². The molecule has 0 radical (unpaired) electrons. The SMILES string of the molecule is COCCNC(=O)c1ccccc1NCC(=O)NC(=O)NCCc1cccs1. The van der Waals surface area contributed by atoms with Gasteiger partial charge in [-0.1, -0.05) is 18.2 Å². The molecule has 1 aromatic carbocycles. The van der Waals surface area contributed by atoms with Crippen molar-refractivity contribution in [1.29, 1.82) is 0 Å². The molecule has 0 aliphatic rings. The van der Waals surface area contributed by atoms with E-state index in [2.05, 4.69) is 21.3 Å². The van der Waals surface area contributed by atoms with Gasteiger partial charge in [0.15, 0.2) is 0 Å². The minimum atomic E-state index is -0.547. The van der Waals surface area contributed by atoms with Gasteiger partial charge in [0.1, 0.15) is 0 Å². The van der Waals surface area contributed by atoms with Gasteiger partial charge in [0, 0.05) is 30.8 Å². The molecular formula is C19H24N4O4S. The normalized spacial score (nSPS) is 10.2. The molecule has 1 aromatic heterocycles. The second-order valence-electron chi connectivity index (χ2n) is 5.78. The summed E-state index contributed by atoms with van der Waals surface area (Å²) in [5, 5.41) is 12.5. The highest BCUT2D eigenvalue weighted by molar-refractivity contribution is 7.09. The summed E-state index contributed by atoms with van der Waals surface area (Å²) in [7, 11) is 1.55. The number of carbonyl (C=O) groups is 3. The number of benzene rings is 1. The summed E-state index contributed by atoms with van der Waals surface area (Å²) in [6.07, 6.45) is 0.711. The van der Waals surface area contributed by atoms with Crippen molar-refractivity contribution in [3.05, 3.63) is 52.2 Å². The number of para-hydroxylation sites is 1. The van der Waals surface area contributed by atoms with Crippen LogP contribution in [0.2, 0.25) is 0 Å². The first kappa shape index (κ1) is 21.4. The van der Waals surface area contributed by atoms with Gasteiger partial charge in [0.25, 0.3) is 5.91 Å². The molecule has 0 unspecified atom stereocenters.